The number of para-hydroxylation sites is 1. The molecule has 3 atom stereocenters. The Labute approximate surface area is 161 Å². The molecule has 3 aromatic rings. The van der Waals surface area contributed by atoms with Gasteiger partial charge >= 0.3 is 0 Å². The van der Waals surface area contributed by atoms with Gasteiger partial charge in [-0.3, -0.25) is 9.88 Å². The van der Waals surface area contributed by atoms with Crippen LogP contribution in [0.1, 0.15) is 5.82 Å². The maximum absolute atomic E-state index is 13.8. The van der Waals surface area contributed by atoms with Crippen molar-refractivity contribution in [3.05, 3.63) is 53.3 Å². The summed E-state index contributed by atoms with van der Waals surface area (Å²) in [5.74, 6) is 2.56. The van der Waals surface area contributed by atoms with Gasteiger partial charge in [0, 0.05) is 32.3 Å². The molecule has 1 saturated carbocycles. The first-order valence-electron chi connectivity index (χ1n) is 9.16. The van der Waals surface area contributed by atoms with Crippen molar-refractivity contribution >= 4 is 22.6 Å². The van der Waals surface area contributed by atoms with Crippen LogP contribution in [0.25, 0.3) is 11.0 Å². The van der Waals surface area contributed by atoms with Gasteiger partial charge in [-0.2, -0.15) is 0 Å². The molecule has 2 fully saturated rings. The number of hydrogen-bond donors (Lipinski definition) is 0. The second kappa shape index (κ2) is 6.46. The third-order valence-corrected chi connectivity index (χ3v) is 6.22. The molecular weight excluding hydrogens is 367 g/mol. The lowest BCUT2D eigenvalue weighted by Gasteiger charge is -2.19. The van der Waals surface area contributed by atoms with Gasteiger partial charge in [-0.25, -0.2) is 9.37 Å². The fourth-order valence-electron chi connectivity index (χ4n) is 4.36. The molecule has 5 rings (SSSR count). The fraction of sp³-hybridized carbons (Fsp3) is 0.400. The summed E-state index contributed by atoms with van der Waals surface area (Å²) in [4.78, 5) is 11.3. The van der Waals surface area contributed by atoms with Crippen LogP contribution in [0.2, 0.25) is 5.02 Å². The molecule has 27 heavy (non-hydrogen) atoms. The van der Waals surface area contributed by atoms with Gasteiger partial charge in [-0.05, 0) is 30.0 Å². The predicted octanol–water partition coefficient (Wildman–Crippen LogP) is 3.52. The summed E-state index contributed by atoms with van der Waals surface area (Å²) >= 11 is 6.03. The second-order valence-electron chi connectivity index (χ2n) is 7.50. The molecule has 140 valence electrons. The van der Waals surface area contributed by atoms with E-state index in [-0.39, 0.29) is 5.75 Å². The van der Waals surface area contributed by atoms with Crippen molar-refractivity contribution < 1.29 is 9.13 Å². The number of fused-ring (bicyclic) bond motifs is 2. The average molecular weight is 387 g/mol. The van der Waals surface area contributed by atoms with Crippen LogP contribution in [-0.4, -0.2) is 39.1 Å². The summed E-state index contributed by atoms with van der Waals surface area (Å²) in [7, 11) is 2.05. The lowest BCUT2D eigenvalue weighted by atomic mass is 10.2. The zero-order chi connectivity index (χ0) is 18.5. The van der Waals surface area contributed by atoms with Gasteiger partial charge in [0.05, 0.1) is 29.9 Å². The van der Waals surface area contributed by atoms with Crippen LogP contribution in [0.4, 0.5) is 4.39 Å². The molecule has 0 N–H and O–H groups in total. The number of rotatable bonds is 5. The number of piperidine rings is 1. The highest BCUT2D eigenvalue weighted by atomic mass is 35.5. The molecule has 1 saturated heterocycles. The largest absolute Gasteiger partial charge is 0.489 e. The number of aromatic nitrogens is 3. The molecule has 1 unspecified atom stereocenters. The normalized spacial score (nSPS) is 24.3. The SMILES string of the molecule is Cn1c(CN2C[C@@H]3C(COc4c(F)cccc4Cl)[C@@H]3C2)nc2cnccc21. The zero-order valence-corrected chi connectivity index (χ0v) is 15.7. The lowest BCUT2D eigenvalue weighted by Crippen LogP contribution is -2.26. The third-order valence-electron chi connectivity index (χ3n) is 5.93. The van der Waals surface area contributed by atoms with E-state index >= 15 is 0 Å². The molecule has 1 aromatic carbocycles. The van der Waals surface area contributed by atoms with E-state index in [1.54, 1.807) is 18.3 Å². The highest BCUT2D eigenvalue weighted by molar-refractivity contribution is 6.32. The minimum Gasteiger partial charge on any atom is -0.489 e. The number of pyridine rings is 1. The van der Waals surface area contributed by atoms with Crippen LogP contribution >= 0.6 is 11.6 Å². The van der Waals surface area contributed by atoms with E-state index in [9.17, 15) is 4.39 Å². The molecule has 0 radical (unpaired) electrons. The number of likely N-dealkylation sites (tertiary alicyclic amines) is 1. The van der Waals surface area contributed by atoms with E-state index in [4.69, 9.17) is 21.3 Å². The van der Waals surface area contributed by atoms with Crippen LogP contribution in [0.15, 0.2) is 36.7 Å². The summed E-state index contributed by atoms with van der Waals surface area (Å²) in [5.41, 5.74) is 2.05. The Balaban J connectivity index is 1.18. The number of benzene rings is 1. The third kappa shape index (κ3) is 2.97. The van der Waals surface area contributed by atoms with E-state index in [0.29, 0.717) is 29.4 Å². The van der Waals surface area contributed by atoms with Crippen molar-refractivity contribution in [2.45, 2.75) is 6.54 Å². The highest BCUT2D eigenvalue weighted by Crippen LogP contribution is 2.52. The molecule has 7 heteroatoms. The number of imidazole rings is 1. The van der Waals surface area contributed by atoms with Gasteiger partial charge in [-0.1, -0.05) is 17.7 Å². The summed E-state index contributed by atoms with van der Waals surface area (Å²) in [6.45, 7) is 3.43. The van der Waals surface area contributed by atoms with Crippen molar-refractivity contribution in [2.75, 3.05) is 19.7 Å². The molecule has 2 aliphatic rings. The van der Waals surface area contributed by atoms with Crippen LogP contribution in [0, 0.1) is 23.6 Å². The Morgan fingerprint density at radius 2 is 2.07 bits per heavy atom. The standard InChI is InChI=1S/C20H20ClFN4O/c1-25-18-5-6-23-7-17(18)24-19(25)10-26-8-12-13(9-26)14(12)11-27-20-15(21)3-2-4-16(20)22/h2-7,12-14H,8-11H2,1H3/t12-,13+,14?. The first-order chi connectivity index (χ1) is 13.1. The summed E-state index contributed by atoms with van der Waals surface area (Å²) in [6, 6.07) is 6.62. The summed E-state index contributed by atoms with van der Waals surface area (Å²) in [6.07, 6.45) is 3.60. The van der Waals surface area contributed by atoms with Crippen molar-refractivity contribution in [1.82, 2.24) is 19.4 Å². The van der Waals surface area contributed by atoms with Gasteiger partial charge in [0.1, 0.15) is 11.3 Å². The Morgan fingerprint density at radius 3 is 2.81 bits per heavy atom. The molecule has 0 spiro atoms. The lowest BCUT2D eigenvalue weighted by molar-refractivity contribution is 0.222. The highest BCUT2D eigenvalue weighted by Gasteiger charge is 2.55. The second-order valence-corrected chi connectivity index (χ2v) is 7.91. The van der Waals surface area contributed by atoms with Gasteiger partial charge in [0.15, 0.2) is 11.6 Å². The Morgan fingerprint density at radius 1 is 1.26 bits per heavy atom. The van der Waals surface area contributed by atoms with Crippen molar-refractivity contribution in [3.63, 3.8) is 0 Å². The van der Waals surface area contributed by atoms with E-state index in [1.807, 2.05) is 12.3 Å². The summed E-state index contributed by atoms with van der Waals surface area (Å²) in [5, 5.41) is 0.332. The van der Waals surface area contributed by atoms with Gasteiger partial charge in [0.2, 0.25) is 0 Å². The first-order valence-corrected chi connectivity index (χ1v) is 9.54. The molecule has 1 aliphatic heterocycles. The monoisotopic (exact) mass is 386 g/mol. The van der Waals surface area contributed by atoms with E-state index in [0.717, 1.165) is 36.5 Å². The van der Waals surface area contributed by atoms with Crippen LogP contribution in [0.3, 0.4) is 0 Å². The zero-order valence-electron chi connectivity index (χ0n) is 15.0. The smallest absolute Gasteiger partial charge is 0.173 e. The molecule has 3 heterocycles. The maximum atomic E-state index is 13.8. The number of aryl methyl sites for hydroxylation is 1. The summed E-state index contributed by atoms with van der Waals surface area (Å²) < 4.78 is 21.6. The molecule has 1 aliphatic carbocycles. The number of halogens is 2. The Bertz CT molecular complexity index is 975. The van der Waals surface area contributed by atoms with Crippen molar-refractivity contribution in [3.8, 4) is 5.75 Å². The quantitative estimate of drug-likeness (QED) is 0.673. The topological polar surface area (TPSA) is 43.2 Å². The average Bonchev–Trinajstić information content (AvgIpc) is 2.98. The van der Waals surface area contributed by atoms with Gasteiger partial charge in [-0.15, -0.1) is 0 Å². The van der Waals surface area contributed by atoms with E-state index < -0.39 is 5.82 Å². The van der Waals surface area contributed by atoms with E-state index in [2.05, 4.69) is 21.5 Å². The van der Waals surface area contributed by atoms with Crippen LogP contribution < -0.4 is 4.74 Å². The molecule has 0 amide bonds. The maximum Gasteiger partial charge on any atom is 0.173 e. The first kappa shape index (κ1) is 17.0. The number of ether oxygens (including phenoxy) is 1. The van der Waals surface area contributed by atoms with Crippen molar-refractivity contribution in [1.29, 1.82) is 0 Å². The predicted molar refractivity (Wildman–Crippen MR) is 101 cm³/mol. The Kier molecular flexibility index (Phi) is 4.06. The van der Waals surface area contributed by atoms with Gasteiger partial charge < -0.3 is 9.30 Å². The minimum atomic E-state index is -0.397. The molecule has 0 bridgehead atoms. The van der Waals surface area contributed by atoms with Gasteiger partial charge in [0.25, 0.3) is 0 Å². The van der Waals surface area contributed by atoms with Crippen molar-refractivity contribution in [2.24, 2.45) is 24.8 Å². The molecular formula is C20H20ClFN4O. The Hall–Kier alpha value is -2.18. The van der Waals surface area contributed by atoms with E-state index in [1.165, 1.54) is 6.07 Å². The molecule has 2 aromatic heterocycles. The minimum absolute atomic E-state index is 0.175. The molecule has 5 nitrogen and oxygen atoms in total. The number of hydrogen-bond acceptors (Lipinski definition) is 4. The van der Waals surface area contributed by atoms with Crippen LogP contribution in [-0.2, 0) is 13.6 Å². The van der Waals surface area contributed by atoms with Crippen LogP contribution in [0.5, 0.6) is 5.75 Å². The fourth-order valence-corrected chi connectivity index (χ4v) is 4.57. The number of nitrogens with zero attached hydrogens (tertiary/aromatic N) is 4.